The number of para-hydroxylation sites is 1. The molecule has 0 saturated carbocycles. The number of carbonyl (C=O) groups excluding carboxylic acids is 2. The number of nitrogens with zero attached hydrogens (tertiary/aromatic N) is 2. The zero-order valence-corrected chi connectivity index (χ0v) is 11.2. The molecule has 0 spiro atoms. The van der Waals surface area contributed by atoms with E-state index in [-0.39, 0.29) is 24.3 Å². The summed E-state index contributed by atoms with van der Waals surface area (Å²) in [6.07, 6.45) is 0.261. The lowest BCUT2D eigenvalue weighted by Gasteiger charge is -2.21. The number of hydrogen-bond acceptors (Lipinski definition) is 4. The van der Waals surface area contributed by atoms with Crippen molar-refractivity contribution in [2.75, 3.05) is 27.2 Å². The van der Waals surface area contributed by atoms with E-state index in [1.165, 1.54) is 11.9 Å². The topological polar surface area (TPSA) is 49.9 Å². The smallest absolute Gasteiger partial charge is 0.246 e. The normalized spacial score (nSPS) is 19.3. The maximum absolute atomic E-state index is 11.8. The molecule has 0 bridgehead atoms. The molecule has 0 N–H and O–H groups in total. The van der Waals surface area contributed by atoms with Crippen LogP contribution in [0.15, 0.2) is 30.3 Å². The number of ether oxygens (including phenoxy) is 1. The van der Waals surface area contributed by atoms with Crippen LogP contribution in [-0.4, -0.2) is 54.9 Å². The Hall–Kier alpha value is -1.88. The Labute approximate surface area is 112 Å². The Balaban J connectivity index is 1.80. The lowest BCUT2D eigenvalue weighted by atomic mass is 10.2. The van der Waals surface area contributed by atoms with Crippen molar-refractivity contribution in [3.05, 3.63) is 30.3 Å². The fourth-order valence-corrected chi connectivity index (χ4v) is 2.06. The third-order valence-corrected chi connectivity index (χ3v) is 3.35. The van der Waals surface area contributed by atoms with Crippen molar-refractivity contribution in [1.29, 1.82) is 0 Å². The minimum Gasteiger partial charge on any atom is -0.492 e. The van der Waals surface area contributed by atoms with Gasteiger partial charge in [0.05, 0.1) is 12.5 Å². The van der Waals surface area contributed by atoms with E-state index in [9.17, 15) is 9.59 Å². The zero-order valence-electron chi connectivity index (χ0n) is 11.2. The summed E-state index contributed by atoms with van der Waals surface area (Å²) in [5, 5.41) is 0. The number of carbonyl (C=O) groups is 2. The molecule has 1 fully saturated rings. The third-order valence-electron chi connectivity index (χ3n) is 3.35. The second kappa shape index (κ2) is 5.84. The van der Waals surface area contributed by atoms with Gasteiger partial charge < -0.3 is 4.74 Å². The quantitative estimate of drug-likeness (QED) is 0.735. The van der Waals surface area contributed by atoms with Crippen molar-refractivity contribution in [3.8, 4) is 5.75 Å². The minimum atomic E-state index is -0.350. The molecule has 1 saturated heterocycles. The number of rotatable bonds is 5. The summed E-state index contributed by atoms with van der Waals surface area (Å²) >= 11 is 0. The first kappa shape index (κ1) is 13.5. The van der Waals surface area contributed by atoms with Crippen LogP contribution < -0.4 is 4.74 Å². The molecule has 0 aliphatic carbocycles. The maximum Gasteiger partial charge on any atom is 0.246 e. The van der Waals surface area contributed by atoms with Gasteiger partial charge in [0.1, 0.15) is 12.4 Å². The molecule has 5 heteroatoms. The van der Waals surface area contributed by atoms with Crippen LogP contribution in [0.4, 0.5) is 0 Å². The molecular weight excluding hydrogens is 244 g/mol. The SMILES string of the molecule is CN1C(=O)CC(N(C)CCOc2ccccc2)C1=O. The highest BCUT2D eigenvalue weighted by Gasteiger charge is 2.38. The molecule has 1 aromatic carbocycles. The first-order chi connectivity index (χ1) is 9.09. The summed E-state index contributed by atoms with van der Waals surface area (Å²) in [5.41, 5.74) is 0. The molecule has 1 aliphatic heterocycles. The van der Waals surface area contributed by atoms with Gasteiger partial charge in [0, 0.05) is 13.6 Å². The van der Waals surface area contributed by atoms with E-state index in [2.05, 4.69) is 0 Å². The Bertz CT molecular complexity index is 461. The van der Waals surface area contributed by atoms with Crippen LogP contribution in [-0.2, 0) is 9.59 Å². The van der Waals surface area contributed by atoms with E-state index < -0.39 is 0 Å². The molecule has 1 aromatic rings. The van der Waals surface area contributed by atoms with Gasteiger partial charge in [0.2, 0.25) is 11.8 Å². The Morgan fingerprint density at radius 2 is 2.00 bits per heavy atom. The van der Waals surface area contributed by atoms with Gasteiger partial charge in [-0.2, -0.15) is 0 Å². The monoisotopic (exact) mass is 262 g/mol. The van der Waals surface area contributed by atoms with Crippen molar-refractivity contribution >= 4 is 11.8 Å². The molecule has 1 atom stereocenters. The van der Waals surface area contributed by atoms with Gasteiger partial charge in [-0.05, 0) is 19.2 Å². The van der Waals surface area contributed by atoms with E-state index in [1.54, 1.807) is 0 Å². The van der Waals surface area contributed by atoms with Gasteiger partial charge in [-0.15, -0.1) is 0 Å². The number of benzene rings is 1. The highest BCUT2D eigenvalue weighted by atomic mass is 16.5. The van der Waals surface area contributed by atoms with E-state index >= 15 is 0 Å². The molecule has 1 unspecified atom stereocenters. The highest BCUT2D eigenvalue weighted by molar-refractivity contribution is 6.05. The number of likely N-dealkylation sites (tertiary alicyclic amines) is 1. The van der Waals surface area contributed by atoms with Crippen LogP contribution in [0.25, 0.3) is 0 Å². The molecule has 5 nitrogen and oxygen atoms in total. The third kappa shape index (κ3) is 3.12. The number of hydrogen-bond donors (Lipinski definition) is 0. The molecular formula is C14H18N2O3. The predicted octanol–water partition coefficient (Wildman–Crippen LogP) is 0.754. The summed E-state index contributed by atoms with van der Waals surface area (Å²) in [5.74, 6) is 0.555. The average molecular weight is 262 g/mol. The summed E-state index contributed by atoms with van der Waals surface area (Å²) < 4.78 is 5.57. The molecule has 2 amide bonds. The molecule has 2 rings (SSSR count). The van der Waals surface area contributed by atoms with Gasteiger partial charge in [0.15, 0.2) is 0 Å². The van der Waals surface area contributed by atoms with Gasteiger partial charge in [0.25, 0.3) is 0 Å². The van der Waals surface area contributed by atoms with E-state index in [0.29, 0.717) is 13.2 Å². The van der Waals surface area contributed by atoms with Crippen LogP contribution in [0.2, 0.25) is 0 Å². The second-order valence-corrected chi connectivity index (χ2v) is 4.65. The van der Waals surface area contributed by atoms with Gasteiger partial charge in [-0.3, -0.25) is 19.4 Å². The summed E-state index contributed by atoms with van der Waals surface area (Å²) in [6.45, 7) is 1.09. The van der Waals surface area contributed by atoms with Crippen molar-refractivity contribution < 1.29 is 14.3 Å². The number of imide groups is 1. The van der Waals surface area contributed by atoms with Gasteiger partial charge in [-0.25, -0.2) is 0 Å². The minimum absolute atomic E-state index is 0.120. The standard InChI is InChI=1S/C14H18N2O3/c1-15(12-10-13(17)16(2)14(12)18)8-9-19-11-6-4-3-5-7-11/h3-7,12H,8-10H2,1-2H3. The summed E-state index contributed by atoms with van der Waals surface area (Å²) in [6, 6.07) is 9.17. The summed E-state index contributed by atoms with van der Waals surface area (Å²) in [7, 11) is 3.36. The van der Waals surface area contributed by atoms with E-state index in [4.69, 9.17) is 4.74 Å². The van der Waals surface area contributed by atoms with Crippen molar-refractivity contribution in [3.63, 3.8) is 0 Å². The largest absolute Gasteiger partial charge is 0.492 e. The molecule has 1 heterocycles. The molecule has 19 heavy (non-hydrogen) atoms. The summed E-state index contributed by atoms with van der Waals surface area (Å²) in [4.78, 5) is 26.3. The molecule has 102 valence electrons. The zero-order chi connectivity index (χ0) is 13.8. The first-order valence-corrected chi connectivity index (χ1v) is 6.28. The first-order valence-electron chi connectivity index (χ1n) is 6.28. The Kier molecular flexibility index (Phi) is 4.16. The van der Waals surface area contributed by atoms with Crippen molar-refractivity contribution in [2.24, 2.45) is 0 Å². The van der Waals surface area contributed by atoms with E-state index in [0.717, 1.165) is 5.75 Å². The molecule has 0 radical (unpaired) electrons. The molecule has 1 aliphatic rings. The van der Waals surface area contributed by atoms with Crippen molar-refractivity contribution in [1.82, 2.24) is 9.80 Å². The fourth-order valence-electron chi connectivity index (χ4n) is 2.06. The van der Waals surface area contributed by atoms with Crippen LogP contribution >= 0.6 is 0 Å². The maximum atomic E-state index is 11.8. The number of amides is 2. The van der Waals surface area contributed by atoms with Gasteiger partial charge in [-0.1, -0.05) is 18.2 Å². The molecule has 0 aromatic heterocycles. The van der Waals surface area contributed by atoms with Crippen LogP contribution in [0.3, 0.4) is 0 Å². The van der Waals surface area contributed by atoms with Gasteiger partial charge >= 0.3 is 0 Å². The van der Waals surface area contributed by atoms with Crippen molar-refractivity contribution in [2.45, 2.75) is 12.5 Å². The lowest BCUT2D eigenvalue weighted by molar-refractivity contribution is -0.137. The Morgan fingerprint density at radius 3 is 2.58 bits per heavy atom. The van der Waals surface area contributed by atoms with E-state index in [1.807, 2.05) is 42.3 Å². The van der Waals surface area contributed by atoms with Crippen LogP contribution in [0, 0.1) is 0 Å². The van der Waals surface area contributed by atoms with Crippen LogP contribution in [0.5, 0.6) is 5.75 Å². The average Bonchev–Trinajstić information content (AvgIpc) is 2.68. The Morgan fingerprint density at radius 1 is 1.32 bits per heavy atom. The fraction of sp³-hybridized carbons (Fsp3) is 0.429. The highest BCUT2D eigenvalue weighted by Crippen LogP contribution is 2.16. The lowest BCUT2D eigenvalue weighted by Crippen LogP contribution is -2.40. The second-order valence-electron chi connectivity index (χ2n) is 4.65. The predicted molar refractivity (Wildman–Crippen MR) is 70.7 cm³/mol. The van der Waals surface area contributed by atoms with Crippen LogP contribution in [0.1, 0.15) is 6.42 Å². The number of likely N-dealkylation sites (N-methyl/N-ethyl adjacent to an activating group) is 2.